The van der Waals surface area contributed by atoms with E-state index in [4.69, 9.17) is 16.6 Å². The minimum absolute atomic E-state index is 0.190. The molecule has 0 saturated heterocycles. The van der Waals surface area contributed by atoms with Crippen LogP contribution in [0.25, 0.3) is 28.0 Å². The standard InChI is InChI=1S/C26H18ClN3O/c27-20-13-14-21(23(16-20)29-26(31)19-10-5-2-6-11-19)22-12-7-15-30-17-24(28-25(22)30)18-8-3-1-4-9-18/h1-17H,(H,29,31). The molecule has 1 amide bonds. The van der Waals surface area contributed by atoms with Gasteiger partial charge in [0.2, 0.25) is 0 Å². The second kappa shape index (κ2) is 8.09. The van der Waals surface area contributed by atoms with Gasteiger partial charge >= 0.3 is 0 Å². The number of nitrogens with one attached hydrogen (secondary N) is 1. The van der Waals surface area contributed by atoms with E-state index in [1.165, 1.54) is 0 Å². The van der Waals surface area contributed by atoms with Crippen molar-refractivity contribution >= 4 is 28.8 Å². The lowest BCUT2D eigenvalue weighted by molar-refractivity contribution is 0.102. The minimum Gasteiger partial charge on any atom is -0.321 e. The van der Waals surface area contributed by atoms with Gasteiger partial charge in [-0.2, -0.15) is 0 Å². The molecule has 150 valence electrons. The lowest BCUT2D eigenvalue weighted by Gasteiger charge is -2.13. The molecule has 31 heavy (non-hydrogen) atoms. The first kappa shape index (κ1) is 19.1. The Labute approximate surface area is 184 Å². The van der Waals surface area contributed by atoms with E-state index in [2.05, 4.69) is 5.32 Å². The predicted octanol–water partition coefficient (Wildman–Crippen LogP) is 6.57. The summed E-state index contributed by atoms with van der Waals surface area (Å²) in [6.45, 7) is 0. The number of nitrogens with zero attached hydrogens (tertiary/aromatic N) is 2. The molecule has 0 unspecified atom stereocenters. The number of anilines is 1. The summed E-state index contributed by atoms with van der Waals surface area (Å²) in [5, 5.41) is 3.56. The fourth-order valence-electron chi connectivity index (χ4n) is 3.61. The number of carbonyl (C=O) groups excluding carboxylic acids is 1. The quantitative estimate of drug-likeness (QED) is 0.355. The Hall–Kier alpha value is -3.89. The van der Waals surface area contributed by atoms with E-state index in [9.17, 15) is 4.79 Å². The highest BCUT2D eigenvalue weighted by atomic mass is 35.5. The first-order valence-electron chi connectivity index (χ1n) is 9.88. The maximum atomic E-state index is 12.8. The summed E-state index contributed by atoms with van der Waals surface area (Å²) in [6, 6.07) is 28.6. The van der Waals surface area contributed by atoms with E-state index in [-0.39, 0.29) is 5.91 Å². The first-order chi connectivity index (χ1) is 15.2. The fraction of sp³-hybridized carbons (Fsp3) is 0. The number of amides is 1. The number of benzene rings is 3. The number of fused-ring (bicyclic) bond motifs is 1. The molecule has 5 aromatic rings. The van der Waals surface area contributed by atoms with Crippen molar-refractivity contribution in [3.8, 4) is 22.4 Å². The zero-order valence-corrected chi connectivity index (χ0v) is 17.3. The molecule has 0 aliphatic rings. The molecule has 0 fully saturated rings. The monoisotopic (exact) mass is 423 g/mol. The van der Waals surface area contributed by atoms with Gasteiger partial charge in [-0.3, -0.25) is 4.79 Å². The first-order valence-corrected chi connectivity index (χ1v) is 10.3. The highest BCUT2D eigenvalue weighted by Gasteiger charge is 2.15. The molecule has 3 aromatic carbocycles. The van der Waals surface area contributed by atoms with Gasteiger partial charge in [-0.1, -0.05) is 66.2 Å². The van der Waals surface area contributed by atoms with Gasteiger partial charge in [-0.15, -0.1) is 0 Å². The van der Waals surface area contributed by atoms with E-state index >= 15 is 0 Å². The molecule has 5 heteroatoms. The summed E-state index contributed by atoms with van der Waals surface area (Å²) in [5.41, 5.74) is 5.72. The van der Waals surface area contributed by atoms with Crippen LogP contribution in [0.15, 0.2) is 103 Å². The predicted molar refractivity (Wildman–Crippen MR) is 125 cm³/mol. The van der Waals surface area contributed by atoms with Crippen molar-refractivity contribution in [1.29, 1.82) is 0 Å². The van der Waals surface area contributed by atoms with Crippen molar-refractivity contribution in [3.05, 3.63) is 114 Å². The topological polar surface area (TPSA) is 46.4 Å². The lowest BCUT2D eigenvalue weighted by atomic mass is 10.0. The van der Waals surface area contributed by atoms with E-state index in [1.54, 1.807) is 18.2 Å². The maximum absolute atomic E-state index is 12.8. The number of aromatic nitrogens is 2. The summed E-state index contributed by atoms with van der Waals surface area (Å²) in [4.78, 5) is 17.7. The van der Waals surface area contributed by atoms with Crippen LogP contribution in [0.4, 0.5) is 5.69 Å². The van der Waals surface area contributed by atoms with Gasteiger partial charge in [-0.05, 0) is 36.4 Å². The zero-order chi connectivity index (χ0) is 21.2. The van der Waals surface area contributed by atoms with Crippen LogP contribution in [0, 0.1) is 0 Å². The third-order valence-electron chi connectivity index (χ3n) is 5.11. The highest BCUT2D eigenvalue weighted by Crippen LogP contribution is 2.34. The van der Waals surface area contributed by atoms with Crippen molar-refractivity contribution in [2.75, 3.05) is 5.32 Å². The van der Waals surface area contributed by atoms with Crippen molar-refractivity contribution in [2.45, 2.75) is 0 Å². The molecule has 0 saturated carbocycles. The third-order valence-corrected chi connectivity index (χ3v) is 5.34. The molecular formula is C26H18ClN3O. The van der Waals surface area contributed by atoms with Gasteiger partial charge < -0.3 is 9.72 Å². The Morgan fingerprint density at radius 1 is 0.839 bits per heavy atom. The number of rotatable bonds is 4. The summed E-state index contributed by atoms with van der Waals surface area (Å²) in [6.07, 6.45) is 3.97. The second-order valence-corrected chi connectivity index (χ2v) is 7.59. The van der Waals surface area contributed by atoms with Gasteiger partial charge in [0, 0.05) is 39.7 Å². The zero-order valence-electron chi connectivity index (χ0n) is 16.5. The molecular weight excluding hydrogens is 406 g/mol. The molecule has 2 heterocycles. The smallest absolute Gasteiger partial charge is 0.255 e. The third kappa shape index (κ3) is 3.81. The average Bonchev–Trinajstić information content (AvgIpc) is 3.25. The average molecular weight is 424 g/mol. The highest BCUT2D eigenvalue weighted by molar-refractivity contribution is 6.31. The Morgan fingerprint density at radius 2 is 1.58 bits per heavy atom. The molecule has 2 aromatic heterocycles. The lowest BCUT2D eigenvalue weighted by Crippen LogP contribution is -2.12. The normalized spacial score (nSPS) is 10.9. The Bertz CT molecular complexity index is 1380. The van der Waals surface area contributed by atoms with Crippen LogP contribution in [0.2, 0.25) is 5.02 Å². The molecule has 4 nitrogen and oxygen atoms in total. The number of imidazole rings is 1. The Balaban J connectivity index is 1.60. The van der Waals surface area contributed by atoms with E-state index < -0.39 is 0 Å². The van der Waals surface area contributed by atoms with Gasteiger partial charge in [0.25, 0.3) is 5.91 Å². The van der Waals surface area contributed by atoms with Crippen molar-refractivity contribution in [1.82, 2.24) is 9.38 Å². The molecule has 0 aliphatic carbocycles. The van der Waals surface area contributed by atoms with Crippen molar-refractivity contribution < 1.29 is 4.79 Å². The molecule has 0 atom stereocenters. The molecule has 0 bridgehead atoms. The van der Waals surface area contributed by atoms with E-state index in [0.29, 0.717) is 16.3 Å². The van der Waals surface area contributed by atoms with Gasteiger partial charge in [-0.25, -0.2) is 4.98 Å². The second-order valence-electron chi connectivity index (χ2n) is 7.15. The van der Waals surface area contributed by atoms with Gasteiger partial charge in [0.05, 0.1) is 11.4 Å². The van der Waals surface area contributed by atoms with Crippen LogP contribution in [-0.4, -0.2) is 15.3 Å². The number of halogens is 1. The molecule has 0 aliphatic heterocycles. The summed E-state index contributed by atoms with van der Waals surface area (Å²) in [7, 11) is 0. The van der Waals surface area contributed by atoms with Crippen LogP contribution >= 0.6 is 11.6 Å². The Kier molecular flexibility index (Phi) is 4.98. The Morgan fingerprint density at radius 3 is 2.35 bits per heavy atom. The summed E-state index contributed by atoms with van der Waals surface area (Å²) < 4.78 is 2.00. The SMILES string of the molecule is O=C(Nc1cc(Cl)ccc1-c1cccn2cc(-c3ccccc3)nc12)c1ccccc1. The number of carbonyl (C=O) groups is 1. The summed E-state index contributed by atoms with van der Waals surface area (Å²) in [5.74, 6) is -0.190. The molecule has 5 rings (SSSR count). The molecule has 0 spiro atoms. The maximum Gasteiger partial charge on any atom is 0.255 e. The number of hydrogen-bond acceptors (Lipinski definition) is 2. The van der Waals surface area contributed by atoms with Crippen LogP contribution in [0.3, 0.4) is 0 Å². The molecule has 1 N–H and O–H groups in total. The van der Waals surface area contributed by atoms with E-state index in [0.717, 1.165) is 28.0 Å². The summed E-state index contributed by atoms with van der Waals surface area (Å²) >= 11 is 6.26. The van der Waals surface area contributed by atoms with Crippen LogP contribution in [-0.2, 0) is 0 Å². The van der Waals surface area contributed by atoms with Crippen LogP contribution in [0.5, 0.6) is 0 Å². The van der Waals surface area contributed by atoms with E-state index in [1.807, 2.05) is 89.6 Å². The van der Waals surface area contributed by atoms with Crippen molar-refractivity contribution in [3.63, 3.8) is 0 Å². The minimum atomic E-state index is -0.190. The number of hydrogen-bond donors (Lipinski definition) is 1. The molecule has 0 radical (unpaired) electrons. The van der Waals surface area contributed by atoms with Gasteiger partial charge in [0.15, 0.2) is 0 Å². The fourth-order valence-corrected chi connectivity index (χ4v) is 3.78. The van der Waals surface area contributed by atoms with Crippen LogP contribution < -0.4 is 5.32 Å². The van der Waals surface area contributed by atoms with Crippen LogP contribution in [0.1, 0.15) is 10.4 Å². The largest absolute Gasteiger partial charge is 0.321 e. The van der Waals surface area contributed by atoms with Crippen molar-refractivity contribution in [2.24, 2.45) is 0 Å². The van der Waals surface area contributed by atoms with Gasteiger partial charge in [0.1, 0.15) is 5.65 Å². The number of pyridine rings is 1.